The zero-order valence-electron chi connectivity index (χ0n) is 8.80. The summed E-state index contributed by atoms with van der Waals surface area (Å²) in [5, 5.41) is 28.8. The lowest BCUT2D eigenvalue weighted by Gasteiger charge is -2.33. The number of carbonyl (C=O) groups is 1. The van der Waals surface area contributed by atoms with E-state index in [2.05, 4.69) is 4.84 Å². The van der Waals surface area contributed by atoms with Crippen LogP contribution in [0.25, 0.3) is 0 Å². The Balaban J connectivity index is 4.69. The van der Waals surface area contributed by atoms with Gasteiger partial charge in [-0.2, -0.15) is 0 Å². The van der Waals surface area contributed by atoms with Crippen LogP contribution in [0.2, 0.25) is 0 Å². The van der Waals surface area contributed by atoms with Gasteiger partial charge in [-0.05, 0) is 0 Å². The molecule has 0 radical (unpaired) electrons. The van der Waals surface area contributed by atoms with E-state index in [0.29, 0.717) is 0 Å². The molecule has 0 aliphatic rings. The maximum atomic E-state index is 10.3. The molecule has 0 spiro atoms. The van der Waals surface area contributed by atoms with Gasteiger partial charge in [-0.1, -0.05) is 0 Å². The molecule has 8 nitrogen and oxygen atoms in total. The van der Waals surface area contributed by atoms with E-state index in [-0.39, 0.29) is 11.0 Å². The molecule has 0 rings (SSSR count). The second-order valence-corrected chi connectivity index (χ2v) is 4.26. The van der Waals surface area contributed by atoms with Gasteiger partial charge in [-0.3, -0.25) is 4.84 Å². The maximum Gasteiger partial charge on any atom is 0.297 e. The Bertz CT molecular complexity index is 243. The molecule has 0 amide bonds. The van der Waals surface area contributed by atoms with Crippen LogP contribution in [0.15, 0.2) is 0 Å². The highest BCUT2D eigenvalue weighted by molar-refractivity contribution is 5.65. The second-order valence-electron chi connectivity index (χ2n) is 4.26. The molecule has 0 aromatic heterocycles. The lowest BCUT2D eigenvalue weighted by Crippen LogP contribution is -2.53. The highest BCUT2D eigenvalue weighted by Crippen LogP contribution is 2.15. The molecule has 0 saturated heterocycles. The lowest BCUT2D eigenvalue weighted by atomic mass is 10.1. The Kier molecular flexibility index (Phi) is 3.99. The van der Waals surface area contributed by atoms with E-state index in [1.165, 1.54) is 0 Å². The van der Waals surface area contributed by atoms with Gasteiger partial charge in [0.15, 0.2) is 0 Å². The normalized spacial score (nSPS) is 15.5. The van der Waals surface area contributed by atoms with Crippen molar-refractivity contribution in [1.82, 2.24) is 0 Å². The molecule has 1 atom stereocenters. The number of aliphatic carboxylic acids is 1. The Labute approximate surface area is 86.4 Å². The molecule has 8 heteroatoms. The number of carboxylic acid groups (broad SMARTS) is 1. The average molecular weight is 222 g/mol. The first-order valence-corrected chi connectivity index (χ1v) is 4.10. The van der Waals surface area contributed by atoms with Crippen molar-refractivity contribution in [1.29, 1.82) is 0 Å². The van der Waals surface area contributed by atoms with Crippen LogP contribution in [0, 0.1) is 10.1 Å². The number of rotatable bonds is 6. The van der Waals surface area contributed by atoms with Gasteiger partial charge in [0.25, 0.3) is 10.9 Å². The summed E-state index contributed by atoms with van der Waals surface area (Å²) in [5.74, 6) is -3.98. The molecule has 0 fully saturated rings. The maximum absolute atomic E-state index is 10.3. The first-order valence-electron chi connectivity index (χ1n) is 4.10. The Hall–Kier alpha value is -1.41. The quantitative estimate of drug-likeness (QED) is 0.234. The van der Waals surface area contributed by atoms with E-state index in [0.717, 1.165) is 0 Å². The van der Waals surface area contributed by atoms with Gasteiger partial charge in [0.1, 0.15) is 6.54 Å². The van der Waals surface area contributed by atoms with Crippen molar-refractivity contribution in [3.63, 3.8) is 0 Å². The molecule has 0 heterocycles. The van der Waals surface area contributed by atoms with Gasteiger partial charge < -0.3 is 19.5 Å². The summed E-state index contributed by atoms with van der Waals surface area (Å²) >= 11 is 0. The third-order valence-electron chi connectivity index (χ3n) is 1.39. The zero-order valence-corrected chi connectivity index (χ0v) is 8.80. The summed E-state index contributed by atoms with van der Waals surface area (Å²) in [6.07, 6.45) is -0.955. The summed E-state index contributed by atoms with van der Waals surface area (Å²) in [6.45, 7) is -0.248. The minimum Gasteiger partial charge on any atom is -0.550 e. The third kappa shape index (κ3) is 6.63. The number of carbonyl (C=O) groups excluding carboxylic acids is 1. The third-order valence-corrected chi connectivity index (χ3v) is 1.39. The topological polar surface area (TPSA) is 113 Å². The number of likely N-dealkylation sites (N-methyl/N-ethyl adjacent to an activating group) is 1. The van der Waals surface area contributed by atoms with Crippen molar-refractivity contribution in [3.8, 4) is 0 Å². The molecule has 88 valence electrons. The average Bonchev–Trinajstić information content (AvgIpc) is 1.73. The summed E-state index contributed by atoms with van der Waals surface area (Å²) < 4.78 is 0.109. The molecule has 0 aromatic carbocycles. The van der Waals surface area contributed by atoms with Crippen LogP contribution in [-0.2, 0) is 9.63 Å². The highest BCUT2D eigenvalue weighted by atomic mass is 17.0. The minimum absolute atomic E-state index is 0.109. The minimum atomic E-state index is -2.36. The summed E-state index contributed by atoms with van der Waals surface area (Å²) in [6, 6.07) is 0. The van der Waals surface area contributed by atoms with E-state index in [4.69, 9.17) is 0 Å². The van der Waals surface area contributed by atoms with Crippen molar-refractivity contribution in [2.75, 3.05) is 27.7 Å². The van der Waals surface area contributed by atoms with Gasteiger partial charge in [-0.15, -0.1) is 10.1 Å². The monoisotopic (exact) mass is 222 g/mol. The fourth-order valence-corrected chi connectivity index (χ4v) is 1.22. The molecular weight excluding hydrogens is 208 g/mol. The van der Waals surface area contributed by atoms with Crippen LogP contribution in [0.1, 0.15) is 6.42 Å². The first-order chi connectivity index (χ1) is 6.54. The molecule has 1 N–H and O–H groups in total. The molecule has 0 saturated carbocycles. The fourth-order valence-electron chi connectivity index (χ4n) is 1.22. The van der Waals surface area contributed by atoms with Crippen molar-refractivity contribution in [2.24, 2.45) is 0 Å². The molecule has 1 unspecified atom stereocenters. The van der Waals surface area contributed by atoms with Gasteiger partial charge in [0.05, 0.1) is 21.1 Å². The van der Waals surface area contributed by atoms with Crippen molar-refractivity contribution in [2.45, 2.75) is 12.2 Å². The predicted octanol–water partition coefficient (Wildman–Crippen LogP) is -2.27. The Morgan fingerprint density at radius 2 is 2.00 bits per heavy atom. The van der Waals surface area contributed by atoms with Crippen molar-refractivity contribution in [3.05, 3.63) is 10.1 Å². The molecule has 0 bridgehead atoms. The molecular formula is C7H14N2O6. The number of hydrogen-bond acceptors (Lipinski definition) is 6. The molecule has 0 aliphatic heterocycles. The second kappa shape index (κ2) is 4.41. The summed E-state index contributed by atoms with van der Waals surface area (Å²) in [4.78, 5) is 24.4. The molecule has 15 heavy (non-hydrogen) atoms. The van der Waals surface area contributed by atoms with Crippen LogP contribution >= 0.6 is 0 Å². The smallest absolute Gasteiger partial charge is 0.297 e. The van der Waals surface area contributed by atoms with E-state index < -0.39 is 23.3 Å². The van der Waals surface area contributed by atoms with E-state index in [1.807, 2.05) is 0 Å². The molecule has 0 aliphatic carbocycles. The Morgan fingerprint density at radius 3 is 2.27 bits per heavy atom. The van der Waals surface area contributed by atoms with Crippen molar-refractivity contribution >= 4 is 5.97 Å². The van der Waals surface area contributed by atoms with Crippen LogP contribution in [-0.4, -0.2) is 54.1 Å². The Morgan fingerprint density at radius 1 is 1.53 bits per heavy atom. The van der Waals surface area contributed by atoms with E-state index in [9.17, 15) is 25.1 Å². The summed E-state index contributed by atoms with van der Waals surface area (Å²) in [5.41, 5.74) is 0. The summed E-state index contributed by atoms with van der Waals surface area (Å²) in [7, 11) is 4.89. The van der Waals surface area contributed by atoms with Crippen LogP contribution in [0.4, 0.5) is 0 Å². The highest BCUT2D eigenvalue weighted by Gasteiger charge is 2.38. The SMILES string of the molecule is C[N+](C)(C)CC(O)(CC(=O)[O-])O[N+](=O)[O-]. The fraction of sp³-hybridized carbons (Fsp3) is 0.857. The van der Waals surface area contributed by atoms with E-state index >= 15 is 0 Å². The van der Waals surface area contributed by atoms with Gasteiger partial charge in [-0.25, -0.2) is 0 Å². The molecule has 0 aromatic rings. The number of carboxylic acids is 1. The van der Waals surface area contributed by atoms with Gasteiger partial charge in [0.2, 0.25) is 0 Å². The lowest BCUT2D eigenvalue weighted by molar-refractivity contribution is -0.900. The number of quaternary nitrogens is 1. The van der Waals surface area contributed by atoms with Crippen LogP contribution in [0.5, 0.6) is 0 Å². The zero-order chi connectivity index (χ0) is 12.3. The first kappa shape index (κ1) is 13.6. The largest absolute Gasteiger partial charge is 0.550 e. The number of hydrogen-bond donors (Lipinski definition) is 1. The van der Waals surface area contributed by atoms with Crippen molar-refractivity contribution < 1.29 is 29.4 Å². The van der Waals surface area contributed by atoms with E-state index in [1.54, 1.807) is 21.1 Å². The standard InChI is InChI=1S/C7H14N2O6/c1-9(2,3)5-7(12,4-6(10)11)15-8(13)14/h12H,4-5H2,1-3H3. The van der Waals surface area contributed by atoms with Crippen LogP contribution in [0.3, 0.4) is 0 Å². The number of aliphatic hydroxyl groups is 1. The van der Waals surface area contributed by atoms with Gasteiger partial charge >= 0.3 is 0 Å². The van der Waals surface area contributed by atoms with Crippen LogP contribution < -0.4 is 5.11 Å². The number of nitrogens with zero attached hydrogens (tertiary/aromatic N) is 2. The predicted molar refractivity (Wildman–Crippen MR) is 45.6 cm³/mol. The van der Waals surface area contributed by atoms with Gasteiger partial charge in [0, 0.05) is 12.4 Å².